The van der Waals surface area contributed by atoms with Gasteiger partial charge in [0.25, 0.3) is 0 Å². The summed E-state index contributed by atoms with van der Waals surface area (Å²) in [4.78, 5) is 14.4. The molecule has 2 aromatic carbocycles. The van der Waals surface area contributed by atoms with E-state index in [1.165, 1.54) is 16.9 Å². The highest BCUT2D eigenvalue weighted by Gasteiger charge is 2.53. The number of hydrogen-bond donors (Lipinski definition) is 0. The number of halogens is 1. The van der Waals surface area contributed by atoms with Gasteiger partial charge in [-0.2, -0.15) is 0 Å². The van der Waals surface area contributed by atoms with Crippen LogP contribution in [0.15, 0.2) is 65.4 Å². The van der Waals surface area contributed by atoms with Crippen LogP contribution < -0.4 is 9.80 Å². The van der Waals surface area contributed by atoms with Gasteiger partial charge in [-0.05, 0) is 49.1 Å². The van der Waals surface area contributed by atoms with Gasteiger partial charge in [0.15, 0.2) is 11.6 Å². The molecule has 5 rings (SSSR count). The Morgan fingerprint density at radius 1 is 0.964 bits per heavy atom. The highest BCUT2D eigenvalue weighted by atomic mass is 79.9. The number of rotatable bonds is 3. The van der Waals surface area contributed by atoms with Gasteiger partial charge in [-0.3, -0.25) is 0 Å². The quantitative estimate of drug-likeness (QED) is 0.489. The van der Waals surface area contributed by atoms with Crippen molar-refractivity contribution < 1.29 is 0 Å². The van der Waals surface area contributed by atoms with Gasteiger partial charge in [0, 0.05) is 33.7 Å². The maximum atomic E-state index is 4.79. The van der Waals surface area contributed by atoms with Gasteiger partial charge in [0.2, 0.25) is 0 Å². The van der Waals surface area contributed by atoms with E-state index in [2.05, 4.69) is 88.1 Å². The van der Waals surface area contributed by atoms with E-state index in [4.69, 9.17) is 9.97 Å². The molecule has 0 saturated carbocycles. The van der Waals surface area contributed by atoms with Crippen molar-refractivity contribution in [3.63, 3.8) is 0 Å². The van der Waals surface area contributed by atoms with E-state index >= 15 is 0 Å². The second-order valence-corrected chi connectivity index (χ2v) is 8.59. The lowest BCUT2D eigenvalue weighted by molar-refractivity contribution is 0.197. The van der Waals surface area contributed by atoms with Gasteiger partial charge in [0.05, 0.1) is 0 Å². The number of aromatic nitrogens is 2. The summed E-state index contributed by atoms with van der Waals surface area (Å²) in [7, 11) is 0. The molecule has 1 unspecified atom stereocenters. The van der Waals surface area contributed by atoms with Crippen LogP contribution in [0.5, 0.6) is 0 Å². The first-order valence-corrected chi connectivity index (χ1v) is 10.7. The number of benzene rings is 2. The van der Waals surface area contributed by atoms with Gasteiger partial charge in [-0.25, -0.2) is 9.97 Å². The van der Waals surface area contributed by atoms with Crippen LogP contribution in [-0.2, 0) is 6.42 Å². The second-order valence-electron chi connectivity index (χ2n) is 7.67. The normalized spacial score (nSPS) is 19.2. The number of nitrogens with zero attached hydrogens (tertiary/aromatic N) is 4. The van der Waals surface area contributed by atoms with Gasteiger partial charge >= 0.3 is 0 Å². The van der Waals surface area contributed by atoms with Gasteiger partial charge in [0.1, 0.15) is 6.17 Å². The fraction of sp³-hybridized carbons (Fsp3) is 0.304. The maximum Gasteiger partial charge on any atom is 0.178 e. The van der Waals surface area contributed by atoms with E-state index in [1.54, 1.807) is 12.4 Å². The molecule has 1 aromatic heterocycles. The molecular formula is C23H23BrN4. The molecule has 0 N–H and O–H groups in total. The molecule has 0 radical (unpaired) electrons. The van der Waals surface area contributed by atoms with Crippen LogP contribution in [0.25, 0.3) is 0 Å². The maximum absolute atomic E-state index is 4.79. The molecule has 3 heterocycles. The Bertz CT molecular complexity index is 1020. The topological polar surface area (TPSA) is 32.3 Å². The number of fused-ring (bicyclic) bond motifs is 5. The summed E-state index contributed by atoms with van der Waals surface area (Å²) in [5.41, 5.74) is 3.90. The minimum atomic E-state index is 0.110. The van der Waals surface area contributed by atoms with Crippen LogP contribution in [0.2, 0.25) is 0 Å². The first-order chi connectivity index (χ1) is 13.7. The average Bonchev–Trinajstić information content (AvgIpc) is 3.10. The van der Waals surface area contributed by atoms with Crippen LogP contribution in [0, 0.1) is 5.41 Å². The monoisotopic (exact) mass is 434 g/mol. The first kappa shape index (κ1) is 17.7. The summed E-state index contributed by atoms with van der Waals surface area (Å²) < 4.78 is 1.09. The zero-order valence-corrected chi connectivity index (χ0v) is 17.7. The molecule has 0 bridgehead atoms. The molecule has 4 nitrogen and oxygen atoms in total. The van der Waals surface area contributed by atoms with Crippen LogP contribution in [0.1, 0.15) is 32.3 Å². The zero-order valence-electron chi connectivity index (χ0n) is 16.1. The molecular weight excluding hydrogens is 412 g/mol. The van der Waals surface area contributed by atoms with Crippen molar-refractivity contribution in [3.05, 3.63) is 71.0 Å². The smallest absolute Gasteiger partial charge is 0.178 e. The lowest BCUT2D eigenvalue weighted by atomic mass is 9.70. The number of hydrogen-bond acceptors (Lipinski definition) is 4. The Hall–Kier alpha value is -2.40. The SMILES string of the molecule is CCC1(CC)Cc2ccc(Br)cc2N2c3nccnc3N(c3ccccc3)C21. The van der Waals surface area contributed by atoms with E-state index in [9.17, 15) is 0 Å². The summed E-state index contributed by atoms with van der Waals surface area (Å²) in [6, 6.07) is 17.2. The third kappa shape index (κ3) is 2.42. The summed E-state index contributed by atoms with van der Waals surface area (Å²) >= 11 is 3.67. The van der Waals surface area contributed by atoms with Crippen LogP contribution in [-0.4, -0.2) is 16.1 Å². The van der Waals surface area contributed by atoms with Crippen molar-refractivity contribution >= 4 is 38.9 Å². The predicted octanol–water partition coefficient (Wildman–Crippen LogP) is 6.22. The van der Waals surface area contributed by atoms with Crippen molar-refractivity contribution in [1.29, 1.82) is 0 Å². The molecule has 2 aliphatic heterocycles. The highest BCUT2D eigenvalue weighted by Crippen LogP contribution is 2.57. The van der Waals surface area contributed by atoms with E-state index in [0.717, 1.165) is 35.4 Å². The van der Waals surface area contributed by atoms with E-state index in [-0.39, 0.29) is 11.6 Å². The van der Waals surface area contributed by atoms with Crippen molar-refractivity contribution in [1.82, 2.24) is 9.97 Å². The van der Waals surface area contributed by atoms with E-state index in [0.29, 0.717) is 0 Å². The third-order valence-corrected chi connectivity index (χ3v) is 6.94. The number of para-hydroxylation sites is 1. The largest absolute Gasteiger partial charge is 0.301 e. The zero-order chi connectivity index (χ0) is 19.3. The Morgan fingerprint density at radius 3 is 2.32 bits per heavy atom. The Kier molecular flexibility index (Phi) is 4.16. The minimum absolute atomic E-state index is 0.110. The molecule has 2 aliphatic rings. The van der Waals surface area contributed by atoms with E-state index in [1.807, 2.05) is 0 Å². The van der Waals surface area contributed by atoms with Gasteiger partial charge < -0.3 is 9.80 Å². The average molecular weight is 435 g/mol. The molecule has 0 fully saturated rings. The lowest BCUT2D eigenvalue weighted by Gasteiger charge is -2.50. The summed E-state index contributed by atoms with van der Waals surface area (Å²) in [6.07, 6.45) is 7.00. The Morgan fingerprint density at radius 2 is 1.64 bits per heavy atom. The molecule has 1 atom stereocenters. The van der Waals surface area contributed by atoms with Crippen molar-refractivity contribution in [2.45, 2.75) is 39.3 Å². The van der Waals surface area contributed by atoms with Gasteiger partial charge in [-0.1, -0.05) is 54.0 Å². The molecule has 0 spiro atoms. The summed E-state index contributed by atoms with van der Waals surface area (Å²) in [5.74, 6) is 1.89. The fourth-order valence-corrected chi connectivity index (χ4v) is 5.25. The third-order valence-electron chi connectivity index (χ3n) is 6.45. The molecule has 3 aromatic rings. The molecule has 142 valence electrons. The Balaban J connectivity index is 1.81. The molecule has 5 heteroatoms. The fourth-order valence-electron chi connectivity index (χ4n) is 4.90. The van der Waals surface area contributed by atoms with Crippen molar-refractivity contribution in [2.75, 3.05) is 9.80 Å². The molecule has 0 saturated heterocycles. The van der Waals surface area contributed by atoms with E-state index < -0.39 is 0 Å². The van der Waals surface area contributed by atoms with Gasteiger partial charge in [-0.15, -0.1) is 0 Å². The van der Waals surface area contributed by atoms with Crippen molar-refractivity contribution in [2.24, 2.45) is 5.41 Å². The minimum Gasteiger partial charge on any atom is -0.301 e. The Labute approximate surface area is 174 Å². The predicted molar refractivity (Wildman–Crippen MR) is 117 cm³/mol. The standard InChI is InChI=1S/C23H23BrN4/c1-3-23(4-2)15-16-10-11-17(24)14-19(16)28-21-20(25-12-13-26-21)27(22(23)28)18-8-6-5-7-9-18/h5-14,22H,3-4,15H2,1-2H3. The molecule has 0 aliphatic carbocycles. The second kappa shape index (κ2) is 6.59. The van der Waals surface area contributed by atoms with Crippen LogP contribution >= 0.6 is 15.9 Å². The highest BCUT2D eigenvalue weighted by molar-refractivity contribution is 9.10. The molecule has 0 amide bonds. The molecule has 28 heavy (non-hydrogen) atoms. The van der Waals surface area contributed by atoms with Crippen molar-refractivity contribution in [3.8, 4) is 0 Å². The van der Waals surface area contributed by atoms with Crippen LogP contribution in [0.3, 0.4) is 0 Å². The number of anilines is 4. The lowest BCUT2D eigenvalue weighted by Crippen LogP contribution is -2.55. The van der Waals surface area contributed by atoms with Crippen LogP contribution in [0.4, 0.5) is 23.0 Å². The summed E-state index contributed by atoms with van der Waals surface area (Å²) in [5, 5.41) is 0. The first-order valence-electron chi connectivity index (χ1n) is 9.91. The summed E-state index contributed by atoms with van der Waals surface area (Å²) in [6.45, 7) is 4.64.